The average molecular weight is 236 g/mol. The summed E-state index contributed by atoms with van der Waals surface area (Å²) in [6.45, 7) is 2.02. The summed E-state index contributed by atoms with van der Waals surface area (Å²) in [4.78, 5) is 0. The first-order valence-corrected chi connectivity index (χ1v) is 5.11. The normalized spacial score (nSPS) is 15.2. The fourth-order valence-electron chi connectivity index (χ4n) is 1.15. The van der Waals surface area contributed by atoms with Gasteiger partial charge in [-0.3, -0.25) is 0 Å². The van der Waals surface area contributed by atoms with E-state index in [9.17, 15) is 4.39 Å². The summed E-state index contributed by atoms with van der Waals surface area (Å²) in [6.07, 6.45) is -1.16. The smallest absolute Gasteiger partial charge is 0.130 e. The molecule has 2 atom stereocenters. The Hall–Kier alpha value is -0.310. The predicted molar refractivity (Wildman–Crippen MR) is 58.5 cm³/mol. The van der Waals surface area contributed by atoms with Crippen molar-refractivity contribution in [2.75, 3.05) is 6.54 Å². The van der Waals surface area contributed by atoms with Gasteiger partial charge in [0, 0.05) is 21.5 Å². The lowest BCUT2D eigenvalue weighted by atomic mass is 9.99. The van der Waals surface area contributed by atoms with E-state index in [2.05, 4.69) is 0 Å². The minimum atomic E-state index is -1.16. The molecular formula is C10H12Cl2FN. The topological polar surface area (TPSA) is 26.0 Å². The number of rotatable bonds is 3. The molecule has 1 aromatic rings. The predicted octanol–water partition coefficient (Wildman–Crippen LogP) is 3.60. The summed E-state index contributed by atoms with van der Waals surface area (Å²) in [7, 11) is 0. The summed E-state index contributed by atoms with van der Waals surface area (Å²) < 4.78 is 13.7. The second kappa shape index (κ2) is 4.96. The lowest BCUT2D eigenvalue weighted by Gasteiger charge is -2.16. The fourth-order valence-corrected chi connectivity index (χ4v) is 1.55. The van der Waals surface area contributed by atoms with Crippen LogP contribution in [-0.4, -0.2) is 6.54 Å². The largest absolute Gasteiger partial charge is 0.330 e. The zero-order valence-corrected chi connectivity index (χ0v) is 9.32. The molecule has 4 heteroatoms. The van der Waals surface area contributed by atoms with E-state index in [0.717, 1.165) is 0 Å². The van der Waals surface area contributed by atoms with Gasteiger partial charge in [-0.1, -0.05) is 30.1 Å². The van der Waals surface area contributed by atoms with Crippen LogP contribution in [0.3, 0.4) is 0 Å². The molecule has 0 saturated carbocycles. The van der Waals surface area contributed by atoms with Crippen molar-refractivity contribution in [1.29, 1.82) is 0 Å². The summed E-state index contributed by atoms with van der Waals surface area (Å²) in [5, 5.41) is 0.874. The van der Waals surface area contributed by atoms with Crippen LogP contribution >= 0.6 is 23.2 Å². The van der Waals surface area contributed by atoms with Gasteiger partial charge in [-0.15, -0.1) is 0 Å². The van der Waals surface area contributed by atoms with Crippen LogP contribution in [0.15, 0.2) is 18.2 Å². The standard InChI is InChI=1S/C10H12Cl2FN/c1-6(5-14)10(13)8-4-7(11)2-3-9(8)12/h2-4,6,10H,5,14H2,1H3. The van der Waals surface area contributed by atoms with Crippen LogP contribution in [0, 0.1) is 5.92 Å². The molecule has 1 aromatic carbocycles. The van der Waals surface area contributed by atoms with Crippen molar-refractivity contribution in [3.8, 4) is 0 Å². The van der Waals surface area contributed by atoms with E-state index in [-0.39, 0.29) is 12.5 Å². The Morgan fingerprint density at radius 1 is 1.43 bits per heavy atom. The molecule has 0 bridgehead atoms. The highest BCUT2D eigenvalue weighted by atomic mass is 35.5. The van der Waals surface area contributed by atoms with Gasteiger partial charge in [-0.25, -0.2) is 4.39 Å². The molecule has 0 aliphatic rings. The maximum atomic E-state index is 13.7. The third-order valence-electron chi connectivity index (χ3n) is 2.13. The molecular weight excluding hydrogens is 224 g/mol. The average Bonchev–Trinajstić information content (AvgIpc) is 2.19. The molecule has 0 spiro atoms. The zero-order valence-electron chi connectivity index (χ0n) is 7.81. The van der Waals surface area contributed by atoms with Crippen LogP contribution < -0.4 is 5.73 Å². The van der Waals surface area contributed by atoms with Gasteiger partial charge in [0.2, 0.25) is 0 Å². The molecule has 0 heterocycles. The molecule has 0 amide bonds. The molecule has 2 N–H and O–H groups in total. The van der Waals surface area contributed by atoms with E-state index < -0.39 is 6.17 Å². The number of halogens is 3. The molecule has 0 aliphatic heterocycles. The van der Waals surface area contributed by atoms with Crippen molar-refractivity contribution in [3.63, 3.8) is 0 Å². The third-order valence-corrected chi connectivity index (χ3v) is 2.71. The monoisotopic (exact) mass is 235 g/mol. The molecule has 0 fully saturated rings. The van der Waals surface area contributed by atoms with E-state index in [4.69, 9.17) is 28.9 Å². The van der Waals surface area contributed by atoms with Crippen molar-refractivity contribution in [1.82, 2.24) is 0 Å². The minimum absolute atomic E-state index is 0.258. The lowest BCUT2D eigenvalue weighted by molar-refractivity contribution is 0.252. The molecule has 14 heavy (non-hydrogen) atoms. The first-order chi connectivity index (χ1) is 6.56. The Bertz CT molecular complexity index is 317. The molecule has 2 unspecified atom stereocenters. The molecule has 1 nitrogen and oxygen atoms in total. The van der Waals surface area contributed by atoms with E-state index in [1.807, 2.05) is 0 Å². The van der Waals surface area contributed by atoms with Gasteiger partial charge in [0.1, 0.15) is 6.17 Å². The summed E-state index contributed by atoms with van der Waals surface area (Å²) in [5.74, 6) is -0.258. The van der Waals surface area contributed by atoms with Crippen molar-refractivity contribution < 1.29 is 4.39 Å². The SMILES string of the molecule is CC(CN)C(F)c1cc(Cl)ccc1Cl. The fraction of sp³-hybridized carbons (Fsp3) is 0.400. The van der Waals surface area contributed by atoms with Crippen molar-refractivity contribution >= 4 is 23.2 Å². The van der Waals surface area contributed by atoms with Crippen molar-refractivity contribution in [2.45, 2.75) is 13.1 Å². The first-order valence-electron chi connectivity index (χ1n) is 4.35. The zero-order chi connectivity index (χ0) is 10.7. The van der Waals surface area contributed by atoms with Crippen LogP contribution in [0.25, 0.3) is 0 Å². The highest BCUT2D eigenvalue weighted by Gasteiger charge is 2.19. The molecule has 0 radical (unpaired) electrons. The van der Waals surface area contributed by atoms with E-state index in [1.54, 1.807) is 25.1 Å². The van der Waals surface area contributed by atoms with Crippen LogP contribution in [0.1, 0.15) is 18.7 Å². The molecule has 0 aromatic heterocycles. The van der Waals surface area contributed by atoms with Gasteiger partial charge >= 0.3 is 0 Å². The Labute approximate surface area is 93.0 Å². The molecule has 1 rings (SSSR count). The summed E-state index contributed by atoms with van der Waals surface area (Å²) in [5.41, 5.74) is 5.80. The maximum Gasteiger partial charge on any atom is 0.130 e. The van der Waals surface area contributed by atoms with Crippen molar-refractivity contribution in [2.24, 2.45) is 11.7 Å². The highest BCUT2D eigenvalue weighted by Crippen LogP contribution is 2.32. The van der Waals surface area contributed by atoms with Gasteiger partial charge in [-0.2, -0.15) is 0 Å². The summed E-state index contributed by atoms with van der Waals surface area (Å²) >= 11 is 11.6. The molecule has 0 saturated heterocycles. The second-order valence-electron chi connectivity index (χ2n) is 3.28. The molecule has 0 aliphatic carbocycles. The Balaban J connectivity index is 2.99. The molecule has 78 valence electrons. The third kappa shape index (κ3) is 2.59. The van der Waals surface area contributed by atoms with Gasteiger partial charge in [0.25, 0.3) is 0 Å². The maximum absolute atomic E-state index is 13.7. The van der Waals surface area contributed by atoms with Gasteiger partial charge in [0.15, 0.2) is 0 Å². The Morgan fingerprint density at radius 3 is 2.64 bits per heavy atom. The number of alkyl halides is 1. The van der Waals surface area contributed by atoms with Gasteiger partial charge in [0.05, 0.1) is 0 Å². The van der Waals surface area contributed by atoms with Crippen LogP contribution in [0.2, 0.25) is 10.0 Å². The van der Waals surface area contributed by atoms with E-state index >= 15 is 0 Å². The van der Waals surface area contributed by atoms with Gasteiger partial charge < -0.3 is 5.73 Å². The minimum Gasteiger partial charge on any atom is -0.330 e. The first kappa shape index (κ1) is 11.8. The van der Waals surface area contributed by atoms with Crippen LogP contribution in [-0.2, 0) is 0 Å². The number of hydrogen-bond donors (Lipinski definition) is 1. The number of hydrogen-bond acceptors (Lipinski definition) is 1. The second-order valence-corrected chi connectivity index (χ2v) is 4.12. The summed E-state index contributed by atoms with van der Waals surface area (Å²) in [6, 6.07) is 4.77. The van der Waals surface area contributed by atoms with Crippen molar-refractivity contribution in [3.05, 3.63) is 33.8 Å². The Kier molecular flexibility index (Phi) is 4.17. The van der Waals surface area contributed by atoms with Gasteiger partial charge in [-0.05, 0) is 24.7 Å². The lowest BCUT2D eigenvalue weighted by Crippen LogP contribution is -2.16. The quantitative estimate of drug-likeness (QED) is 0.852. The van der Waals surface area contributed by atoms with E-state index in [0.29, 0.717) is 15.6 Å². The van der Waals surface area contributed by atoms with Crippen LogP contribution in [0.5, 0.6) is 0 Å². The Morgan fingerprint density at radius 2 is 2.07 bits per heavy atom. The van der Waals surface area contributed by atoms with Crippen LogP contribution in [0.4, 0.5) is 4.39 Å². The number of benzene rings is 1. The highest BCUT2D eigenvalue weighted by molar-refractivity contribution is 6.33. The number of nitrogens with two attached hydrogens (primary N) is 1. The van der Waals surface area contributed by atoms with E-state index in [1.165, 1.54) is 0 Å².